The maximum Gasteiger partial charge on any atom is 0.318 e. The Balaban J connectivity index is 1.68. The Labute approximate surface area is 129 Å². The Morgan fingerprint density at radius 2 is 2.32 bits per heavy atom. The van der Waals surface area contributed by atoms with Crippen LogP contribution in [-0.4, -0.2) is 41.6 Å². The molecule has 0 saturated carbocycles. The van der Waals surface area contributed by atoms with Crippen LogP contribution in [0, 0.1) is 22.7 Å². The minimum absolute atomic E-state index is 0.181. The average molecular weight is 298 g/mol. The van der Waals surface area contributed by atoms with Gasteiger partial charge in [-0.15, -0.1) is 0 Å². The van der Waals surface area contributed by atoms with E-state index in [0.717, 1.165) is 12.8 Å². The summed E-state index contributed by atoms with van der Waals surface area (Å²) in [5.74, 6) is 0.556. The van der Waals surface area contributed by atoms with Crippen molar-refractivity contribution >= 4 is 11.8 Å². The standard InChI is InChI=1S/C15H18N6O/c16-10-12-4-1-6-18-14(12)19-7-3-8-20-15(22)21-9-2-5-13(21)11-17/h1,4,6,13H,2-3,5,7-9H2,(H,18,19)(H,20,22). The number of carbonyl (C=O) groups is 1. The second-order valence-electron chi connectivity index (χ2n) is 5.00. The van der Waals surface area contributed by atoms with Gasteiger partial charge in [0.2, 0.25) is 0 Å². The maximum absolute atomic E-state index is 11.9. The van der Waals surface area contributed by atoms with E-state index in [1.165, 1.54) is 0 Å². The quantitative estimate of drug-likeness (QED) is 0.800. The number of pyridine rings is 1. The van der Waals surface area contributed by atoms with Gasteiger partial charge in [-0.25, -0.2) is 9.78 Å². The summed E-state index contributed by atoms with van der Waals surface area (Å²) in [5, 5.41) is 23.8. The van der Waals surface area contributed by atoms with Crippen LogP contribution in [0.1, 0.15) is 24.8 Å². The van der Waals surface area contributed by atoms with Crippen LogP contribution in [0.25, 0.3) is 0 Å². The highest BCUT2D eigenvalue weighted by atomic mass is 16.2. The van der Waals surface area contributed by atoms with Gasteiger partial charge in [0.25, 0.3) is 0 Å². The fraction of sp³-hybridized carbons (Fsp3) is 0.467. The third-order valence-corrected chi connectivity index (χ3v) is 3.51. The first-order valence-electron chi connectivity index (χ1n) is 7.29. The summed E-state index contributed by atoms with van der Waals surface area (Å²) >= 11 is 0. The van der Waals surface area contributed by atoms with Gasteiger partial charge in [0, 0.05) is 25.8 Å². The molecule has 1 saturated heterocycles. The number of rotatable bonds is 5. The van der Waals surface area contributed by atoms with Gasteiger partial charge < -0.3 is 15.5 Å². The molecule has 7 nitrogen and oxygen atoms in total. The summed E-state index contributed by atoms with van der Waals surface area (Å²) in [5.41, 5.74) is 0.500. The number of hydrogen-bond donors (Lipinski definition) is 2. The summed E-state index contributed by atoms with van der Waals surface area (Å²) in [6.45, 7) is 1.75. The van der Waals surface area contributed by atoms with Gasteiger partial charge in [-0.2, -0.15) is 10.5 Å². The molecule has 2 N–H and O–H groups in total. The molecule has 1 aromatic heterocycles. The van der Waals surface area contributed by atoms with Crippen molar-refractivity contribution in [3.63, 3.8) is 0 Å². The third kappa shape index (κ3) is 3.86. The zero-order chi connectivity index (χ0) is 15.8. The lowest BCUT2D eigenvalue weighted by atomic mass is 10.2. The molecule has 1 aliphatic heterocycles. The number of likely N-dealkylation sites (tertiary alicyclic amines) is 1. The summed E-state index contributed by atoms with van der Waals surface area (Å²) < 4.78 is 0. The summed E-state index contributed by atoms with van der Waals surface area (Å²) in [7, 11) is 0. The van der Waals surface area contributed by atoms with E-state index in [2.05, 4.69) is 27.8 Å². The van der Waals surface area contributed by atoms with Crippen LogP contribution in [0.2, 0.25) is 0 Å². The van der Waals surface area contributed by atoms with Gasteiger partial charge in [-0.1, -0.05) is 0 Å². The fourth-order valence-electron chi connectivity index (χ4n) is 2.37. The second kappa shape index (κ2) is 7.84. The Bertz CT molecular complexity index is 603. The molecule has 2 amide bonds. The second-order valence-corrected chi connectivity index (χ2v) is 5.00. The number of aromatic nitrogens is 1. The largest absolute Gasteiger partial charge is 0.369 e. The van der Waals surface area contributed by atoms with Crippen LogP contribution in [0.5, 0.6) is 0 Å². The van der Waals surface area contributed by atoms with Crippen LogP contribution < -0.4 is 10.6 Å². The number of amides is 2. The summed E-state index contributed by atoms with van der Waals surface area (Å²) in [4.78, 5) is 17.6. The van der Waals surface area contributed by atoms with Crippen molar-refractivity contribution in [1.29, 1.82) is 10.5 Å². The van der Waals surface area contributed by atoms with Crippen molar-refractivity contribution < 1.29 is 4.79 Å². The number of nitrogens with one attached hydrogen (secondary N) is 2. The van der Waals surface area contributed by atoms with E-state index in [9.17, 15) is 4.79 Å². The molecule has 0 aromatic carbocycles. The Morgan fingerprint density at radius 1 is 1.45 bits per heavy atom. The number of nitrogens with zero attached hydrogens (tertiary/aromatic N) is 4. The van der Waals surface area contributed by atoms with Gasteiger partial charge in [-0.3, -0.25) is 0 Å². The zero-order valence-corrected chi connectivity index (χ0v) is 12.2. The predicted molar refractivity (Wildman–Crippen MR) is 80.8 cm³/mol. The molecule has 0 aliphatic carbocycles. The molecular formula is C15H18N6O. The number of anilines is 1. The Morgan fingerprint density at radius 3 is 3.09 bits per heavy atom. The molecule has 1 aliphatic rings. The smallest absolute Gasteiger partial charge is 0.318 e. The number of nitriles is 2. The van der Waals surface area contributed by atoms with Gasteiger partial charge in [0.1, 0.15) is 17.9 Å². The third-order valence-electron chi connectivity index (χ3n) is 3.51. The van der Waals surface area contributed by atoms with E-state index in [1.807, 2.05) is 0 Å². The molecule has 1 aromatic rings. The van der Waals surface area contributed by atoms with Gasteiger partial charge in [-0.05, 0) is 31.4 Å². The molecule has 22 heavy (non-hydrogen) atoms. The highest BCUT2D eigenvalue weighted by molar-refractivity contribution is 5.75. The van der Waals surface area contributed by atoms with Crippen molar-refractivity contribution in [3.05, 3.63) is 23.9 Å². The molecule has 7 heteroatoms. The molecule has 2 rings (SSSR count). The number of urea groups is 1. The van der Waals surface area contributed by atoms with Crippen molar-refractivity contribution in [2.75, 3.05) is 25.0 Å². The molecule has 114 valence electrons. The van der Waals surface area contributed by atoms with E-state index in [4.69, 9.17) is 10.5 Å². The van der Waals surface area contributed by atoms with E-state index in [1.54, 1.807) is 23.2 Å². The minimum atomic E-state index is -0.301. The monoisotopic (exact) mass is 298 g/mol. The van der Waals surface area contributed by atoms with E-state index in [-0.39, 0.29) is 12.1 Å². The normalized spacial score (nSPS) is 16.6. The zero-order valence-electron chi connectivity index (χ0n) is 12.2. The molecule has 1 fully saturated rings. The van der Waals surface area contributed by atoms with Crippen LogP contribution in [-0.2, 0) is 0 Å². The molecule has 2 heterocycles. The molecule has 1 unspecified atom stereocenters. The van der Waals surface area contributed by atoms with Crippen molar-refractivity contribution in [1.82, 2.24) is 15.2 Å². The predicted octanol–water partition coefficient (Wildman–Crippen LogP) is 1.45. The maximum atomic E-state index is 11.9. The van der Waals surface area contributed by atoms with Crippen molar-refractivity contribution in [2.45, 2.75) is 25.3 Å². The highest BCUT2D eigenvalue weighted by Crippen LogP contribution is 2.16. The lowest BCUT2D eigenvalue weighted by Gasteiger charge is -2.20. The SMILES string of the molecule is N#Cc1cccnc1NCCCNC(=O)N1CCCC1C#N. The molecular weight excluding hydrogens is 280 g/mol. The van der Waals surface area contributed by atoms with Crippen LogP contribution >= 0.6 is 0 Å². The molecule has 1 atom stereocenters. The lowest BCUT2D eigenvalue weighted by Crippen LogP contribution is -2.42. The van der Waals surface area contributed by atoms with Gasteiger partial charge in [0.15, 0.2) is 0 Å². The first-order valence-corrected chi connectivity index (χ1v) is 7.29. The van der Waals surface area contributed by atoms with Gasteiger partial charge >= 0.3 is 6.03 Å². The molecule has 0 radical (unpaired) electrons. The summed E-state index contributed by atoms with van der Waals surface area (Å²) in [6, 6.07) is 7.15. The Kier molecular flexibility index (Phi) is 5.56. The van der Waals surface area contributed by atoms with E-state index >= 15 is 0 Å². The highest BCUT2D eigenvalue weighted by Gasteiger charge is 2.27. The van der Waals surface area contributed by atoms with Crippen LogP contribution in [0.15, 0.2) is 18.3 Å². The summed E-state index contributed by atoms with van der Waals surface area (Å²) in [6.07, 6.45) is 3.96. The van der Waals surface area contributed by atoms with Gasteiger partial charge in [0.05, 0.1) is 11.6 Å². The molecule has 0 bridgehead atoms. The van der Waals surface area contributed by atoms with Crippen LogP contribution in [0.3, 0.4) is 0 Å². The van der Waals surface area contributed by atoms with Crippen molar-refractivity contribution in [3.8, 4) is 12.1 Å². The van der Waals surface area contributed by atoms with Crippen LogP contribution in [0.4, 0.5) is 10.6 Å². The van der Waals surface area contributed by atoms with E-state index in [0.29, 0.717) is 37.4 Å². The minimum Gasteiger partial charge on any atom is -0.369 e. The van der Waals surface area contributed by atoms with E-state index < -0.39 is 0 Å². The topological polar surface area (TPSA) is 105 Å². The average Bonchev–Trinajstić information content (AvgIpc) is 3.03. The molecule has 0 spiro atoms. The fourth-order valence-corrected chi connectivity index (χ4v) is 2.37. The van der Waals surface area contributed by atoms with Crippen molar-refractivity contribution in [2.24, 2.45) is 0 Å². The number of carbonyl (C=O) groups excluding carboxylic acids is 1. The first kappa shape index (κ1) is 15.6. The Hall–Kier alpha value is -2.80. The first-order chi connectivity index (χ1) is 10.8. The lowest BCUT2D eigenvalue weighted by molar-refractivity contribution is 0.201. The number of hydrogen-bond acceptors (Lipinski definition) is 5.